The topological polar surface area (TPSA) is 139 Å². The highest BCUT2D eigenvalue weighted by Crippen LogP contribution is 2.34. The predicted octanol–water partition coefficient (Wildman–Crippen LogP) is 6.52. The number of para-hydroxylation sites is 1. The monoisotopic (exact) mass is 563 g/mol. The number of nitro groups is 1. The lowest BCUT2D eigenvalue weighted by atomic mass is 10.0. The van der Waals surface area contributed by atoms with E-state index in [4.69, 9.17) is 4.98 Å². The number of fused-ring (bicyclic) bond motifs is 1. The molecule has 0 saturated heterocycles. The molecular formula is C32H29N5O5. The average Bonchev–Trinajstić information content (AvgIpc) is 3.32. The molecule has 0 aliphatic carbocycles. The third-order valence-electron chi connectivity index (χ3n) is 7.13. The number of non-ortho nitro benzene ring substituents is 1. The van der Waals surface area contributed by atoms with Crippen LogP contribution in [0.3, 0.4) is 0 Å². The van der Waals surface area contributed by atoms with Crippen molar-refractivity contribution in [2.24, 2.45) is 0 Å². The summed E-state index contributed by atoms with van der Waals surface area (Å²) in [5, 5.41) is 27.0. The van der Waals surface area contributed by atoms with Gasteiger partial charge in [0.05, 0.1) is 17.4 Å². The number of nitrogens with one attached hydrogen (secondary N) is 2. The number of imidazole rings is 1. The number of aromatic nitrogens is 2. The van der Waals surface area contributed by atoms with Gasteiger partial charge in [-0.25, -0.2) is 4.98 Å². The van der Waals surface area contributed by atoms with E-state index < -0.39 is 22.8 Å². The number of carbonyl (C=O) groups excluding carboxylic acids is 1. The SMILES string of the molecule is Cc1ccc(C(CC(=O)O)NC(=O)c2ccn3c(Nc4c(C)cccc4C)c(-c4ccc([N+](=O)[O-])cc4)nc3c2)cc1. The largest absolute Gasteiger partial charge is 0.481 e. The van der Waals surface area contributed by atoms with Crippen LogP contribution in [0.15, 0.2) is 85.1 Å². The highest BCUT2D eigenvalue weighted by molar-refractivity contribution is 5.96. The van der Waals surface area contributed by atoms with E-state index in [1.54, 1.807) is 30.5 Å². The second-order valence-electron chi connectivity index (χ2n) is 10.2. The number of rotatable bonds is 9. The predicted molar refractivity (Wildman–Crippen MR) is 160 cm³/mol. The summed E-state index contributed by atoms with van der Waals surface area (Å²) in [6.45, 7) is 5.92. The van der Waals surface area contributed by atoms with Crippen LogP contribution in [-0.2, 0) is 4.79 Å². The zero-order chi connectivity index (χ0) is 30.0. The normalized spacial score (nSPS) is 11.7. The zero-order valence-electron chi connectivity index (χ0n) is 23.3. The summed E-state index contributed by atoms with van der Waals surface area (Å²) < 4.78 is 1.81. The zero-order valence-corrected chi connectivity index (χ0v) is 23.3. The molecule has 0 aliphatic heterocycles. The molecule has 10 nitrogen and oxygen atoms in total. The number of carboxylic acids is 1. The van der Waals surface area contributed by atoms with E-state index in [0.29, 0.717) is 33.8 Å². The molecule has 212 valence electrons. The summed E-state index contributed by atoms with van der Waals surface area (Å²) >= 11 is 0. The minimum Gasteiger partial charge on any atom is -0.481 e. The number of nitro benzene ring substituents is 1. The van der Waals surface area contributed by atoms with Crippen molar-refractivity contribution in [2.45, 2.75) is 33.2 Å². The Hall–Kier alpha value is -5.51. The van der Waals surface area contributed by atoms with E-state index in [1.165, 1.54) is 12.1 Å². The number of aryl methyl sites for hydroxylation is 3. The van der Waals surface area contributed by atoms with Crippen LogP contribution < -0.4 is 10.6 Å². The van der Waals surface area contributed by atoms with Gasteiger partial charge in [0.25, 0.3) is 11.6 Å². The Kier molecular flexibility index (Phi) is 7.70. The molecule has 42 heavy (non-hydrogen) atoms. The van der Waals surface area contributed by atoms with Crippen molar-refractivity contribution in [1.82, 2.24) is 14.7 Å². The summed E-state index contributed by atoms with van der Waals surface area (Å²) in [6.07, 6.45) is 1.45. The smallest absolute Gasteiger partial charge is 0.305 e. The maximum atomic E-state index is 13.3. The molecule has 1 unspecified atom stereocenters. The van der Waals surface area contributed by atoms with Crippen LogP contribution in [0.2, 0.25) is 0 Å². The number of aliphatic carboxylic acids is 1. The summed E-state index contributed by atoms with van der Waals surface area (Å²) in [7, 11) is 0. The molecule has 0 fully saturated rings. The number of benzene rings is 3. The summed E-state index contributed by atoms with van der Waals surface area (Å²) in [4.78, 5) is 40.5. The van der Waals surface area contributed by atoms with E-state index in [2.05, 4.69) is 10.6 Å². The molecule has 0 bridgehead atoms. The third kappa shape index (κ3) is 5.83. The van der Waals surface area contributed by atoms with Crippen LogP contribution in [0, 0.1) is 30.9 Å². The molecule has 2 heterocycles. The maximum Gasteiger partial charge on any atom is 0.305 e. The Morgan fingerprint density at radius 3 is 2.26 bits per heavy atom. The molecule has 1 atom stereocenters. The van der Waals surface area contributed by atoms with Crippen molar-refractivity contribution >= 4 is 34.7 Å². The number of hydrogen-bond acceptors (Lipinski definition) is 6. The molecule has 10 heteroatoms. The molecule has 0 spiro atoms. The fourth-order valence-corrected chi connectivity index (χ4v) is 4.84. The van der Waals surface area contributed by atoms with Gasteiger partial charge in [0.2, 0.25) is 0 Å². The van der Waals surface area contributed by atoms with Crippen molar-refractivity contribution in [1.29, 1.82) is 0 Å². The molecule has 0 radical (unpaired) electrons. The van der Waals surface area contributed by atoms with Gasteiger partial charge in [-0.05, 0) is 61.7 Å². The van der Waals surface area contributed by atoms with Gasteiger partial charge in [-0.2, -0.15) is 0 Å². The minimum absolute atomic E-state index is 0.0322. The first kappa shape index (κ1) is 28.0. The highest BCUT2D eigenvalue weighted by Gasteiger charge is 2.22. The second-order valence-corrected chi connectivity index (χ2v) is 10.2. The van der Waals surface area contributed by atoms with Gasteiger partial charge in [-0.15, -0.1) is 0 Å². The average molecular weight is 564 g/mol. The molecule has 5 rings (SSSR count). The molecule has 2 aromatic heterocycles. The number of carboxylic acid groups (broad SMARTS) is 1. The van der Waals surface area contributed by atoms with Gasteiger partial charge in [0, 0.05) is 35.1 Å². The van der Waals surface area contributed by atoms with Crippen molar-refractivity contribution in [3.63, 3.8) is 0 Å². The molecule has 3 N–H and O–H groups in total. The molecule has 5 aromatic rings. The summed E-state index contributed by atoms with van der Waals surface area (Å²) in [5.74, 6) is -0.834. The quantitative estimate of drug-likeness (QED) is 0.137. The molecule has 3 aromatic carbocycles. The molecule has 0 aliphatic rings. The maximum absolute atomic E-state index is 13.3. The highest BCUT2D eigenvalue weighted by atomic mass is 16.6. The molecular weight excluding hydrogens is 534 g/mol. The lowest BCUT2D eigenvalue weighted by Crippen LogP contribution is -2.30. The van der Waals surface area contributed by atoms with Crippen molar-refractivity contribution in [2.75, 3.05) is 5.32 Å². The lowest BCUT2D eigenvalue weighted by molar-refractivity contribution is -0.384. The Morgan fingerprint density at radius 1 is 0.976 bits per heavy atom. The van der Waals surface area contributed by atoms with Gasteiger partial charge < -0.3 is 15.7 Å². The van der Waals surface area contributed by atoms with E-state index in [0.717, 1.165) is 22.4 Å². The fraction of sp³-hybridized carbons (Fsp3) is 0.156. The second kappa shape index (κ2) is 11.5. The Morgan fingerprint density at radius 2 is 1.64 bits per heavy atom. The Bertz CT molecular complexity index is 1790. The fourth-order valence-electron chi connectivity index (χ4n) is 4.84. The van der Waals surface area contributed by atoms with Crippen LogP contribution in [0.1, 0.15) is 45.1 Å². The van der Waals surface area contributed by atoms with Gasteiger partial charge in [0.15, 0.2) is 0 Å². The van der Waals surface area contributed by atoms with Crippen molar-refractivity contribution in [3.05, 3.63) is 123 Å². The third-order valence-corrected chi connectivity index (χ3v) is 7.13. The molecule has 0 saturated carbocycles. The minimum atomic E-state index is -1.03. The number of anilines is 2. The van der Waals surface area contributed by atoms with E-state index in [1.807, 2.05) is 67.6 Å². The Balaban J connectivity index is 1.55. The summed E-state index contributed by atoms with van der Waals surface area (Å²) in [6, 6.07) is 22.0. The number of amides is 1. The first-order valence-electron chi connectivity index (χ1n) is 13.3. The van der Waals surface area contributed by atoms with E-state index >= 15 is 0 Å². The lowest BCUT2D eigenvalue weighted by Gasteiger charge is -2.18. The molecule has 1 amide bonds. The number of pyridine rings is 1. The van der Waals surface area contributed by atoms with Gasteiger partial charge >= 0.3 is 5.97 Å². The summed E-state index contributed by atoms with van der Waals surface area (Å²) in [5.41, 5.74) is 6.62. The van der Waals surface area contributed by atoms with Crippen LogP contribution in [0.5, 0.6) is 0 Å². The van der Waals surface area contributed by atoms with Crippen LogP contribution in [-0.4, -0.2) is 31.3 Å². The van der Waals surface area contributed by atoms with Crippen LogP contribution in [0.25, 0.3) is 16.9 Å². The van der Waals surface area contributed by atoms with E-state index in [-0.39, 0.29) is 12.1 Å². The van der Waals surface area contributed by atoms with Crippen LogP contribution in [0.4, 0.5) is 17.2 Å². The van der Waals surface area contributed by atoms with Crippen molar-refractivity contribution in [3.8, 4) is 11.3 Å². The number of hydrogen-bond donors (Lipinski definition) is 3. The first-order valence-corrected chi connectivity index (χ1v) is 13.3. The number of carbonyl (C=O) groups is 2. The van der Waals surface area contributed by atoms with Gasteiger partial charge in [0.1, 0.15) is 17.2 Å². The van der Waals surface area contributed by atoms with Gasteiger partial charge in [-0.3, -0.25) is 24.1 Å². The number of nitrogens with zero attached hydrogens (tertiary/aromatic N) is 3. The first-order chi connectivity index (χ1) is 20.1. The van der Waals surface area contributed by atoms with Crippen LogP contribution >= 0.6 is 0 Å². The Labute approximate surface area is 241 Å². The standard InChI is InChI=1S/C32H29N5O5/c1-19-7-9-22(10-8-19)26(18-28(38)39)33-32(40)24-15-16-36-27(17-24)34-30(23-11-13-25(14-12-23)37(41)42)31(36)35-29-20(2)5-4-6-21(29)3/h4-17,26,35H,18H2,1-3H3,(H,33,40)(H,38,39). The van der Waals surface area contributed by atoms with E-state index in [9.17, 15) is 24.8 Å². The van der Waals surface area contributed by atoms with Gasteiger partial charge in [-0.1, -0.05) is 48.0 Å². The van der Waals surface area contributed by atoms with Crippen molar-refractivity contribution < 1.29 is 19.6 Å².